The molecule has 1 spiro atoms. The molecule has 166 valence electrons. The fraction of sp³-hybridized carbons (Fsp3) is 0.250. The molecule has 0 bridgehead atoms. The molecule has 4 aromatic rings. The number of hydrogen-bond acceptors (Lipinski definition) is 5. The minimum Gasteiger partial charge on any atom is -0.380 e. The Morgan fingerprint density at radius 2 is 1.91 bits per heavy atom. The molecule has 9 heteroatoms. The highest BCUT2D eigenvalue weighted by Gasteiger charge is 2.51. The minimum atomic E-state index is -0.389. The van der Waals surface area contributed by atoms with Crippen LogP contribution in [0.2, 0.25) is 0 Å². The molecule has 2 saturated heterocycles. The van der Waals surface area contributed by atoms with Crippen LogP contribution in [0.3, 0.4) is 0 Å². The monoisotopic (exact) mass is 442 g/mol. The molecule has 0 unspecified atom stereocenters. The van der Waals surface area contributed by atoms with Gasteiger partial charge < -0.3 is 19.4 Å². The molecule has 2 aliphatic rings. The Kier molecular flexibility index (Phi) is 4.34. The Bertz CT molecular complexity index is 1380. The maximum Gasteiger partial charge on any atom is 0.274 e. The van der Waals surface area contributed by atoms with Gasteiger partial charge in [-0.2, -0.15) is 5.10 Å². The van der Waals surface area contributed by atoms with Crippen molar-refractivity contribution in [2.75, 3.05) is 31.6 Å². The maximum atomic E-state index is 13.1. The second-order valence-corrected chi connectivity index (χ2v) is 8.81. The largest absolute Gasteiger partial charge is 0.380 e. The lowest BCUT2D eigenvalue weighted by Gasteiger charge is -2.54. The molecule has 2 amide bonds. The first-order valence-electron chi connectivity index (χ1n) is 10.8. The smallest absolute Gasteiger partial charge is 0.274 e. The van der Waals surface area contributed by atoms with Crippen LogP contribution in [-0.4, -0.2) is 62.2 Å². The number of nitrogens with zero attached hydrogens (tertiary/aromatic N) is 5. The van der Waals surface area contributed by atoms with Gasteiger partial charge in [0.25, 0.3) is 11.8 Å². The van der Waals surface area contributed by atoms with Gasteiger partial charge in [0.2, 0.25) is 0 Å². The van der Waals surface area contributed by atoms with Crippen molar-refractivity contribution in [1.29, 1.82) is 0 Å². The van der Waals surface area contributed by atoms with E-state index in [9.17, 15) is 9.59 Å². The predicted molar refractivity (Wildman–Crippen MR) is 121 cm³/mol. The number of likely N-dealkylation sites (tertiary alicyclic amines) is 1. The fourth-order valence-corrected chi connectivity index (χ4v) is 4.51. The summed E-state index contributed by atoms with van der Waals surface area (Å²) in [7, 11) is 1.66. The maximum absolute atomic E-state index is 13.1. The van der Waals surface area contributed by atoms with Gasteiger partial charge >= 0.3 is 0 Å². The Morgan fingerprint density at radius 3 is 2.64 bits per heavy atom. The van der Waals surface area contributed by atoms with Crippen LogP contribution in [0.4, 0.5) is 5.69 Å². The van der Waals surface area contributed by atoms with Crippen LogP contribution in [0.25, 0.3) is 16.9 Å². The number of hydrogen-bond donors (Lipinski definition) is 1. The standard InChI is InChI=1S/C24H22N6O3/c1-28-21(18(10-25-28)23(32)30-12-24(13-30)14-33-15-24)22(31)26-17-7-8-29-11-19(27-20(29)9-17)16-5-3-2-4-6-16/h2-11H,12-15H2,1H3,(H,26,31). The molecular weight excluding hydrogens is 420 g/mol. The van der Waals surface area contributed by atoms with Gasteiger partial charge in [0, 0.05) is 49.8 Å². The lowest BCUT2D eigenvalue weighted by atomic mass is 9.78. The van der Waals surface area contributed by atoms with E-state index in [0.29, 0.717) is 43.2 Å². The van der Waals surface area contributed by atoms with Crippen LogP contribution < -0.4 is 5.32 Å². The van der Waals surface area contributed by atoms with Crippen LogP contribution >= 0.6 is 0 Å². The lowest BCUT2D eigenvalue weighted by Crippen LogP contribution is -2.67. The summed E-state index contributed by atoms with van der Waals surface area (Å²) in [5.41, 5.74) is 3.82. The number of imidazole rings is 1. The zero-order valence-electron chi connectivity index (χ0n) is 18.1. The zero-order chi connectivity index (χ0) is 22.6. The van der Waals surface area contributed by atoms with Gasteiger partial charge in [-0.15, -0.1) is 0 Å². The quantitative estimate of drug-likeness (QED) is 0.524. The topological polar surface area (TPSA) is 93.8 Å². The number of nitrogens with one attached hydrogen (secondary N) is 1. The van der Waals surface area contributed by atoms with Gasteiger partial charge in [0.15, 0.2) is 0 Å². The van der Waals surface area contributed by atoms with Crippen LogP contribution in [0.15, 0.2) is 61.1 Å². The Morgan fingerprint density at radius 1 is 1.12 bits per heavy atom. The molecule has 1 N–H and O–H groups in total. The molecule has 0 atom stereocenters. The summed E-state index contributed by atoms with van der Waals surface area (Å²) in [4.78, 5) is 32.5. The number of anilines is 1. The van der Waals surface area contributed by atoms with E-state index >= 15 is 0 Å². The third-order valence-corrected chi connectivity index (χ3v) is 6.33. The molecule has 1 aromatic carbocycles. The van der Waals surface area contributed by atoms with Crippen LogP contribution in [0, 0.1) is 5.41 Å². The molecular formula is C24H22N6O3. The van der Waals surface area contributed by atoms with Crippen molar-refractivity contribution in [2.24, 2.45) is 12.5 Å². The minimum absolute atomic E-state index is 0.110. The molecule has 2 fully saturated rings. The normalized spacial score (nSPS) is 16.5. The predicted octanol–water partition coefficient (Wildman–Crippen LogP) is 2.46. The van der Waals surface area contributed by atoms with Gasteiger partial charge in [-0.05, 0) is 6.07 Å². The SMILES string of the molecule is Cn1ncc(C(=O)N2CC3(COC3)C2)c1C(=O)Nc1ccn2cc(-c3ccccc3)nc2c1. The first kappa shape index (κ1) is 19.7. The summed E-state index contributed by atoms with van der Waals surface area (Å²) in [6.45, 7) is 2.70. The van der Waals surface area contributed by atoms with E-state index in [2.05, 4.69) is 15.4 Å². The van der Waals surface area contributed by atoms with Gasteiger partial charge in [-0.25, -0.2) is 4.98 Å². The molecule has 2 aliphatic heterocycles. The van der Waals surface area contributed by atoms with Crippen molar-refractivity contribution in [3.8, 4) is 11.3 Å². The van der Waals surface area contributed by atoms with E-state index in [-0.39, 0.29) is 22.9 Å². The van der Waals surface area contributed by atoms with E-state index in [1.54, 1.807) is 24.1 Å². The molecule has 0 aliphatic carbocycles. The summed E-state index contributed by atoms with van der Waals surface area (Å²) in [5.74, 6) is -0.568. The number of fused-ring (bicyclic) bond motifs is 1. The van der Waals surface area contributed by atoms with Gasteiger partial charge in [0.1, 0.15) is 11.3 Å². The average molecular weight is 442 g/mol. The van der Waals surface area contributed by atoms with E-state index in [0.717, 1.165) is 11.3 Å². The Labute approximate surface area is 189 Å². The number of carbonyl (C=O) groups is 2. The highest BCUT2D eigenvalue weighted by Crippen LogP contribution is 2.38. The van der Waals surface area contributed by atoms with Gasteiger partial charge in [0.05, 0.1) is 36.1 Å². The number of aromatic nitrogens is 4. The number of amides is 2. The number of carbonyl (C=O) groups excluding carboxylic acids is 2. The van der Waals surface area contributed by atoms with E-state index in [1.807, 2.05) is 47.1 Å². The molecule has 6 rings (SSSR count). The third-order valence-electron chi connectivity index (χ3n) is 6.33. The molecule has 5 heterocycles. The zero-order valence-corrected chi connectivity index (χ0v) is 18.1. The van der Waals surface area contributed by atoms with E-state index in [4.69, 9.17) is 4.74 Å². The molecule has 0 radical (unpaired) electrons. The van der Waals surface area contributed by atoms with Gasteiger partial charge in [-0.3, -0.25) is 14.3 Å². The van der Waals surface area contributed by atoms with Gasteiger partial charge in [-0.1, -0.05) is 30.3 Å². The average Bonchev–Trinajstić information content (AvgIpc) is 3.35. The first-order chi connectivity index (χ1) is 16.0. The number of aryl methyl sites for hydroxylation is 1. The second kappa shape index (κ2) is 7.28. The van der Waals surface area contributed by atoms with E-state index < -0.39 is 0 Å². The van der Waals surface area contributed by atoms with Crippen molar-refractivity contribution >= 4 is 23.1 Å². The summed E-state index contributed by atoms with van der Waals surface area (Å²) in [6.07, 6.45) is 5.25. The van der Waals surface area contributed by atoms with Crippen molar-refractivity contribution < 1.29 is 14.3 Å². The summed E-state index contributed by atoms with van der Waals surface area (Å²) in [5, 5.41) is 7.06. The number of pyridine rings is 1. The van der Waals surface area contributed by atoms with Crippen molar-refractivity contribution in [1.82, 2.24) is 24.1 Å². The number of ether oxygens (including phenoxy) is 1. The Hall–Kier alpha value is -3.98. The van der Waals surface area contributed by atoms with Crippen molar-refractivity contribution in [3.05, 3.63) is 72.3 Å². The molecule has 33 heavy (non-hydrogen) atoms. The Balaban J connectivity index is 1.22. The van der Waals surface area contributed by atoms with Crippen LogP contribution in [-0.2, 0) is 11.8 Å². The fourth-order valence-electron chi connectivity index (χ4n) is 4.51. The number of rotatable bonds is 4. The third kappa shape index (κ3) is 3.28. The highest BCUT2D eigenvalue weighted by molar-refractivity contribution is 6.11. The van der Waals surface area contributed by atoms with Crippen molar-refractivity contribution in [3.63, 3.8) is 0 Å². The van der Waals surface area contributed by atoms with Crippen LogP contribution in [0.5, 0.6) is 0 Å². The molecule has 3 aromatic heterocycles. The second-order valence-electron chi connectivity index (χ2n) is 8.81. The summed E-state index contributed by atoms with van der Waals surface area (Å²) >= 11 is 0. The summed E-state index contributed by atoms with van der Waals surface area (Å²) < 4.78 is 8.62. The molecule has 9 nitrogen and oxygen atoms in total. The number of benzene rings is 1. The molecule has 0 saturated carbocycles. The highest BCUT2D eigenvalue weighted by atomic mass is 16.5. The van der Waals surface area contributed by atoms with Crippen molar-refractivity contribution in [2.45, 2.75) is 0 Å². The van der Waals surface area contributed by atoms with Crippen LogP contribution in [0.1, 0.15) is 20.8 Å². The van der Waals surface area contributed by atoms with E-state index in [1.165, 1.54) is 10.9 Å². The lowest BCUT2D eigenvalue weighted by molar-refractivity contribution is -0.176. The first-order valence-corrected chi connectivity index (χ1v) is 10.8. The summed E-state index contributed by atoms with van der Waals surface area (Å²) in [6, 6.07) is 13.5.